The number of ketones is 1. The number of hydrogen-bond acceptors (Lipinski definition) is 8. The van der Waals surface area contributed by atoms with E-state index in [0.717, 1.165) is 0 Å². The van der Waals surface area contributed by atoms with Crippen LogP contribution in [0, 0.1) is 0 Å². The zero-order valence-electron chi connectivity index (χ0n) is 17.3. The number of carbonyl (C=O) groups is 3. The Labute approximate surface area is 185 Å². The summed E-state index contributed by atoms with van der Waals surface area (Å²) in [4.78, 5) is 35.0. The second-order valence-electron chi connectivity index (χ2n) is 6.60. The summed E-state index contributed by atoms with van der Waals surface area (Å²) in [5, 5.41) is 12.7. The lowest BCUT2D eigenvalue weighted by Gasteiger charge is -2.19. The molecule has 0 spiro atoms. The number of hydrogen-bond donors (Lipinski definition) is 3. The van der Waals surface area contributed by atoms with E-state index < -0.39 is 18.2 Å². The number of anilines is 1. The largest absolute Gasteiger partial charge is 0.504 e. The van der Waals surface area contributed by atoms with E-state index in [4.69, 9.17) is 14.2 Å². The van der Waals surface area contributed by atoms with Gasteiger partial charge in [0, 0.05) is 11.3 Å². The minimum absolute atomic E-state index is 0.0168. The van der Waals surface area contributed by atoms with Crippen molar-refractivity contribution >= 4 is 36.2 Å². The van der Waals surface area contributed by atoms with Gasteiger partial charge in [-0.1, -0.05) is 6.07 Å². The molecule has 0 fully saturated rings. The second kappa shape index (κ2) is 11.8. The maximum Gasteiger partial charge on any atom is 0.412 e. The Morgan fingerprint density at radius 1 is 1.13 bits per heavy atom. The highest BCUT2D eigenvalue weighted by Crippen LogP contribution is 2.32. The van der Waals surface area contributed by atoms with Crippen LogP contribution >= 0.6 is 12.6 Å². The quantitative estimate of drug-likeness (QED) is 0.217. The van der Waals surface area contributed by atoms with Crippen molar-refractivity contribution in [1.82, 2.24) is 0 Å². The van der Waals surface area contributed by atoms with E-state index in [1.165, 1.54) is 20.1 Å². The number of methoxy groups -OCH3 is 1. The number of esters is 1. The first-order valence-corrected chi connectivity index (χ1v) is 10.2. The maximum absolute atomic E-state index is 12.4. The normalized spacial score (nSPS) is 11.3. The summed E-state index contributed by atoms with van der Waals surface area (Å²) in [5.41, 5.74) is 1.55. The van der Waals surface area contributed by atoms with Crippen molar-refractivity contribution in [3.8, 4) is 11.5 Å². The molecule has 0 aliphatic rings. The van der Waals surface area contributed by atoms with Crippen LogP contribution in [0.5, 0.6) is 11.5 Å². The van der Waals surface area contributed by atoms with Crippen LogP contribution in [0.4, 0.5) is 10.5 Å². The third-order valence-electron chi connectivity index (χ3n) is 4.36. The number of benzene rings is 2. The van der Waals surface area contributed by atoms with Gasteiger partial charge < -0.3 is 19.3 Å². The standard InChI is InChI=1S/C22H25NO7S/c1-14(24)15-5-8-17(9-6-15)23-22(27)30-19(4-3-11-29-21(26)13-31)16-7-10-20(28-2)18(25)12-16/h5-10,12,19,25,31H,3-4,11,13H2,1-2H3,(H,23,27)/t19-/m0/s1. The van der Waals surface area contributed by atoms with Crippen molar-refractivity contribution in [2.24, 2.45) is 0 Å². The zero-order chi connectivity index (χ0) is 22.8. The molecule has 2 rings (SSSR count). The molecule has 0 saturated carbocycles. The number of Topliss-reactive ketones (excluding diaryl/α,β-unsaturated/α-hetero) is 1. The fraction of sp³-hybridized carbons (Fsp3) is 0.318. The summed E-state index contributed by atoms with van der Waals surface area (Å²) < 4.78 is 15.6. The maximum atomic E-state index is 12.4. The predicted octanol–water partition coefficient (Wildman–Crippen LogP) is 4.15. The fourth-order valence-electron chi connectivity index (χ4n) is 2.77. The van der Waals surface area contributed by atoms with Crippen LogP contribution in [0.25, 0.3) is 0 Å². The molecule has 0 aliphatic carbocycles. The lowest BCUT2D eigenvalue weighted by Crippen LogP contribution is -2.18. The molecule has 0 heterocycles. The van der Waals surface area contributed by atoms with Gasteiger partial charge in [-0.3, -0.25) is 14.9 Å². The van der Waals surface area contributed by atoms with Crippen LogP contribution in [0.15, 0.2) is 42.5 Å². The highest BCUT2D eigenvalue weighted by atomic mass is 32.1. The molecule has 2 aromatic carbocycles. The molecule has 2 N–H and O–H groups in total. The average molecular weight is 448 g/mol. The first kappa shape index (κ1) is 24.1. The lowest BCUT2D eigenvalue weighted by molar-refractivity contribution is -0.140. The first-order valence-electron chi connectivity index (χ1n) is 9.56. The summed E-state index contributed by atoms with van der Waals surface area (Å²) in [6.07, 6.45) is -0.633. The van der Waals surface area contributed by atoms with Crippen LogP contribution in [-0.2, 0) is 14.3 Å². The Kier molecular flexibility index (Phi) is 9.20. The van der Waals surface area contributed by atoms with E-state index in [2.05, 4.69) is 17.9 Å². The van der Waals surface area contributed by atoms with E-state index in [1.54, 1.807) is 36.4 Å². The van der Waals surface area contributed by atoms with Gasteiger partial charge >= 0.3 is 12.1 Å². The van der Waals surface area contributed by atoms with Crippen molar-refractivity contribution in [2.75, 3.05) is 24.8 Å². The van der Waals surface area contributed by atoms with Crippen molar-refractivity contribution in [1.29, 1.82) is 0 Å². The molecular weight excluding hydrogens is 422 g/mol. The van der Waals surface area contributed by atoms with Crippen molar-refractivity contribution in [3.05, 3.63) is 53.6 Å². The SMILES string of the molecule is COc1ccc([C@H](CCCOC(=O)CS)OC(=O)Nc2ccc(C(C)=O)cc2)cc1O. The Morgan fingerprint density at radius 2 is 1.84 bits per heavy atom. The highest BCUT2D eigenvalue weighted by Gasteiger charge is 2.19. The molecule has 9 heteroatoms. The number of aromatic hydroxyl groups is 1. The van der Waals surface area contributed by atoms with Crippen LogP contribution in [-0.4, -0.2) is 42.4 Å². The Hall–Kier alpha value is -3.20. The number of phenols is 1. The number of rotatable bonds is 10. The molecule has 0 unspecified atom stereocenters. The van der Waals surface area contributed by atoms with Gasteiger partial charge in [-0.2, -0.15) is 12.6 Å². The topological polar surface area (TPSA) is 111 Å². The summed E-state index contributed by atoms with van der Waals surface area (Å²) in [6, 6.07) is 11.1. The average Bonchev–Trinajstić information content (AvgIpc) is 2.75. The molecule has 8 nitrogen and oxygen atoms in total. The minimum Gasteiger partial charge on any atom is -0.504 e. The third kappa shape index (κ3) is 7.53. The Bertz CT molecular complexity index is 915. The van der Waals surface area contributed by atoms with Crippen LogP contribution in [0.1, 0.15) is 41.8 Å². The second-order valence-corrected chi connectivity index (χ2v) is 6.92. The van der Waals surface area contributed by atoms with Gasteiger partial charge in [-0.25, -0.2) is 4.79 Å². The lowest BCUT2D eigenvalue weighted by atomic mass is 10.0. The monoisotopic (exact) mass is 447 g/mol. The molecule has 2 aromatic rings. The van der Waals surface area contributed by atoms with E-state index in [9.17, 15) is 19.5 Å². The van der Waals surface area contributed by atoms with E-state index in [1.807, 2.05) is 0 Å². The van der Waals surface area contributed by atoms with Gasteiger partial charge in [-0.05, 0) is 61.7 Å². The molecule has 0 aromatic heterocycles. The molecular formula is C22H25NO7S. The molecule has 0 saturated heterocycles. The van der Waals surface area contributed by atoms with Gasteiger partial charge in [0.05, 0.1) is 19.5 Å². The van der Waals surface area contributed by atoms with Crippen LogP contribution < -0.4 is 10.1 Å². The van der Waals surface area contributed by atoms with Crippen molar-refractivity contribution in [3.63, 3.8) is 0 Å². The summed E-state index contributed by atoms with van der Waals surface area (Å²) in [5.74, 6) is -0.325. The van der Waals surface area contributed by atoms with Gasteiger partial charge in [0.2, 0.25) is 0 Å². The number of phenolic OH excluding ortho intramolecular Hbond substituents is 1. The smallest absolute Gasteiger partial charge is 0.412 e. The molecule has 31 heavy (non-hydrogen) atoms. The first-order chi connectivity index (χ1) is 14.8. The van der Waals surface area contributed by atoms with Crippen LogP contribution in [0.3, 0.4) is 0 Å². The minimum atomic E-state index is -0.706. The molecule has 0 aliphatic heterocycles. The molecule has 0 bridgehead atoms. The number of nitrogens with one attached hydrogen (secondary N) is 1. The molecule has 166 valence electrons. The van der Waals surface area contributed by atoms with Crippen LogP contribution in [0.2, 0.25) is 0 Å². The predicted molar refractivity (Wildman–Crippen MR) is 118 cm³/mol. The van der Waals surface area contributed by atoms with Crippen molar-refractivity contribution in [2.45, 2.75) is 25.9 Å². The number of thiol groups is 1. The third-order valence-corrected chi connectivity index (χ3v) is 4.62. The number of amides is 1. The van der Waals surface area contributed by atoms with Gasteiger partial charge in [0.25, 0.3) is 0 Å². The van der Waals surface area contributed by atoms with E-state index in [0.29, 0.717) is 35.4 Å². The zero-order valence-corrected chi connectivity index (χ0v) is 18.2. The Balaban J connectivity index is 2.07. The van der Waals surface area contributed by atoms with E-state index in [-0.39, 0.29) is 23.9 Å². The summed E-state index contributed by atoms with van der Waals surface area (Å²) in [6.45, 7) is 1.61. The molecule has 0 radical (unpaired) electrons. The molecule has 1 amide bonds. The van der Waals surface area contributed by atoms with Gasteiger partial charge in [0.1, 0.15) is 6.10 Å². The fourth-order valence-corrected chi connectivity index (χ4v) is 2.86. The number of ether oxygens (including phenoxy) is 3. The van der Waals surface area contributed by atoms with Crippen molar-refractivity contribution < 1.29 is 33.7 Å². The summed E-state index contributed by atoms with van der Waals surface area (Å²) in [7, 11) is 1.43. The highest BCUT2D eigenvalue weighted by molar-refractivity contribution is 7.81. The van der Waals surface area contributed by atoms with Gasteiger partial charge in [0.15, 0.2) is 17.3 Å². The van der Waals surface area contributed by atoms with Gasteiger partial charge in [-0.15, -0.1) is 0 Å². The Morgan fingerprint density at radius 3 is 2.42 bits per heavy atom. The summed E-state index contributed by atoms with van der Waals surface area (Å²) >= 11 is 3.85. The number of carbonyl (C=O) groups excluding carboxylic acids is 3. The molecule has 1 atom stereocenters. The van der Waals surface area contributed by atoms with E-state index >= 15 is 0 Å².